The number of nitrogens with zero attached hydrogens (tertiary/aromatic N) is 4. The van der Waals surface area contributed by atoms with Gasteiger partial charge >= 0.3 is 0 Å². The molecule has 0 unspecified atom stereocenters. The number of nitrogens with one attached hydrogen (secondary N) is 1. The highest BCUT2D eigenvalue weighted by atomic mass is 16.5. The zero-order valence-electron chi connectivity index (χ0n) is 9.04. The molecule has 7 nitrogen and oxygen atoms in total. The number of hydrogen-bond donors (Lipinski definition) is 1. The highest BCUT2D eigenvalue weighted by Crippen LogP contribution is 2.33. The predicted molar refractivity (Wildman–Crippen MR) is 58.4 cm³/mol. The average molecular weight is 233 g/mol. The number of anilines is 1. The highest BCUT2D eigenvalue weighted by Gasteiger charge is 2.25. The third-order valence-corrected chi connectivity index (χ3v) is 2.63. The molecule has 2 heterocycles. The molecule has 88 valence electrons. The van der Waals surface area contributed by atoms with E-state index in [4.69, 9.17) is 0 Å². The fourth-order valence-corrected chi connectivity index (χ4v) is 1.62. The van der Waals surface area contributed by atoms with Crippen LogP contribution in [0.25, 0.3) is 0 Å². The molecule has 1 saturated carbocycles. The van der Waals surface area contributed by atoms with Crippen molar-refractivity contribution in [3.8, 4) is 0 Å². The van der Waals surface area contributed by atoms with Gasteiger partial charge in [0, 0.05) is 18.4 Å². The van der Waals surface area contributed by atoms with Crippen LogP contribution in [0.4, 0.5) is 5.82 Å². The van der Waals surface area contributed by atoms with Gasteiger partial charge in [0.15, 0.2) is 11.6 Å². The molecule has 0 aliphatic heterocycles. The van der Waals surface area contributed by atoms with Crippen LogP contribution in [0.5, 0.6) is 0 Å². The van der Waals surface area contributed by atoms with Crippen molar-refractivity contribution < 1.29 is 4.52 Å². The van der Waals surface area contributed by atoms with Crippen LogP contribution in [-0.2, 0) is 6.54 Å². The maximum Gasteiger partial charge on any atom is 0.293 e. The van der Waals surface area contributed by atoms with Crippen LogP contribution in [0.3, 0.4) is 0 Å². The first-order valence-electron chi connectivity index (χ1n) is 5.41. The van der Waals surface area contributed by atoms with E-state index >= 15 is 0 Å². The quantitative estimate of drug-likeness (QED) is 0.831. The Morgan fingerprint density at radius 1 is 1.47 bits per heavy atom. The zero-order valence-corrected chi connectivity index (χ0v) is 9.04. The second-order valence-corrected chi connectivity index (χ2v) is 3.92. The van der Waals surface area contributed by atoms with E-state index in [1.165, 1.54) is 6.39 Å². The summed E-state index contributed by atoms with van der Waals surface area (Å²) in [6.45, 7) is 0.327. The van der Waals surface area contributed by atoms with Crippen LogP contribution in [0.15, 0.2) is 28.1 Å². The molecule has 0 bridgehead atoms. The Morgan fingerprint density at radius 2 is 2.35 bits per heavy atom. The lowest BCUT2D eigenvalue weighted by Gasteiger charge is -2.06. The normalized spacial score (nSPS) is 14.8. The summed E-state index contributed by atoms with van der Waals surface area (Å²) in [6, 6.07) is 0.344. The molecule has 1 N–H and O–H groups in total. The van der Waals surface area contributed by atoms with Gasteiger partial charge in [-0.1, -0.05) is 5.16 Å². The average Bonchev–Trinajstić information content (AvgIpc) is 3.04. The lowest BCUT2D eigenvalue weighted by molar-refractivity contribution is 0.411. The van der Waals surface area contributed by atoms with E-state index in [0.717, 1.165) is 12.8 Å². The molecule has 1 aliphatic carbocycles. The summed E-state index contributed by atoms with van der Waals surface area (Å²) < 4.78 is 6.31. The summed E-state index contributed by atoms with van der Waals surface area (Å²) in [6.07, 6.45) is 6.72. The van der Waals surface area contributed by atoms with E-state index in [1.807, 2.05) is 0 Å². The van der Waals surface area contributed by atoms with Gasteiger partial charge in [-0.05, 0) is 12.8 Å². The van der Waals surface area contributed by atoms with Crippen molar-refractivity contribution in [3.63, 3.8) is 0 Å². The fourth-order valence-electron chi connectivity index (χ4n) is 1.62. The lowest BCUT2D eigenvalue weighted by Crippen LogP contribution is -2.23. The molecule has 2 aromatic heterocycles. The van der Waals surface area contributed by atoms with Crippen LogP contribution in [0, 0.1) is 0 Å². The molecule has 1 aliphatic rings. The number of hydrogen-bond acceptors (Lipinski definition) is 6. The van der Waals surface area contributed by atoms with Gasteiger partial charge in [-0.3, -0.25) is 4.79 Å². The van der Waals surface area contributed by atoms with Crippen LogP contribution >= 0.6 is 0 Å². The molecule has 2 aromatic rings. The summed E-state index contributed by atoms with van der Waals surface area (Å²) in [7, 11) is 0. The minimum Gasteiger partial charge on any atom is -0.358 e. The largest absolute Gasteiger partial charge is 0.358 e. The van der Waals surface area contributed by atoms with Gasteiger partial charge < -0.3 is 14.4 Å². The van der Waals surface area contributed by atoms with Crippen LogP contribution in [0.1, 0.15) is 24.7 Å². The highest BCUT2D eigenvalue weighted by molar-refractivity contribution is 5.31. The van der Waals surface area contributed by atoms with Crippen molar-refractivity contribution in [2.45, 2.75) is 25.4 Å². The Morgan fingerprint density at radius 3 is 3.06 bits per heavy atom. The van der Waals surface area contributed by atoms with Crippen molar-refractivity contribution in [1.29, 1.82) is 0 Å². The Bertz CT molecular complexity index is 558. The van der Waals surface area contributed by atoms with E-state index in [-0.39, 0.29) is 5.56 Å². The van der Waals surface area contributed by atoms with Gasteiger partial charge in [0.2, 0.25) is 6.39 Å². The van der Waals surface area contributed by atoms with Crippen LogP contribution < -0.4 is 10.9 Å². The van der Waals surface area contributed by atoms with E-state index in [2.05, 4.69) is 25.0 Å². The van der Waals surface area contributed by atoms with Gasteiger partial charge in [0.25, 0.3) is 5.56 Å². The summed E-state index contributed by atoms with van der Waals surface area (Å²) >= 11 is 0. The minimum atomic E-state index is -0.0986. The summed E-state index contributed by atoms with van der Waals surface area (Å²) in [5.41, 5.74) is -0.0986. The first-order valence-corrected chi connectivity index (χ1v) is 5.41. The number of aromatic nitrogens is 4. The third-order valence-electron chi connectivity index (χ3n) is 2.63. The molecule has 0 radical (unpaired) electrons. The molecule has 0 atom stereocenters. The molecular weight excluding hydrogens is 222 g/mol. The summed E-state index contributed by atoms with van der Waals surface area (Å²) in [4.78, 5) is 19.9. The molecule has 0 spiro atoms. The van der Waals surface area contributed by atoms with Crippen molar-refractivity contribution in [3.05, 3.63) is 35.0 Å². The maximum absolute atomic E-state index is 12.0. The molecule has 1 fully saturated rings. The van der Waals surface area contributed by atoms with E-state index in [9.17, 15) is 4.79 Å². The minimum absolute atomic E-state index is 0.0986. The molecule has 7 heteroatoms. The van der Waals surface area contributed by atoms with Crippen LogP contribution in [-0.4, -0.2) is 19.7 Å². The van der Waals surface area contributed by atoms with Crippen LogP contribution in [0.2, 0.25) is 0 Å². The molecule has 0 amide bonds. The lowest BCUT2D eigenvalue weighted by atomic mass is 10.5. The van der Waals surface area contributed by atoms with Gasteiger partial charge in [0.05, 0.1) is 6.54 Å². The second kappa shape index (κ2) is 4.00. The SMILES string of the molecule is O=c1c(NCc2ncon2)nccn1C1CC1. The molecular formula is C10H11N5O2. The van der Waals surface area contributed by atoms with E-state index in [0.29, 0.717) is 24.2 Å². The molecule has 0 saturated heterocycles. The van der Waals surface area contributed by atoms with Crippen molar-refractivity contribution in [2.75, 3.05) is 5.32 Å². The standard InChI is InChI=1S/C10H11N5O2/c16-10-9(12-5-8-13-6-17-14-8)11-3-4-15(10)7-1-2-7/h3-4,6-7H,1-2,5H2,(H,11,12). The summed E-state index contributed by atoms with van der Waals surface area (Å²) in [5.74, 6) is 0.817. The Balaban J connectivity index is 1.78. The van der Waals surface area contributed by atoms with Crippen molar-refractivity contribution >= 4 is 5.82 Å². The molecule has 3 rings (SSSR count). The Kier molecular flexibility index (Phi) is 2.36. The molecule has 17 heavy (non-hydrogen) atoms. The Hall–Kier alpha value is -2.18. The second-order valence-electron chi connectivity index (χ2n) is 3.92. The smallest absolute Gasteiger partial charge is 0.293 e. The number of rotatable bonds is 4. The predicted octanol–water partition coefficient (Wildman–Crippen LogP) is 0.573. The monoisotopic (exact) mass is 233 g/mol. The fraction of sp³-hybridized carbons (Fsp3) is 0.400. The van der Waals surface area contributed by atoms with Crippen molar-refractivity contribution in [2.24, 2.45) is 0 Å². The van der Waals surface area contributed by atoms with Crippen molar-refractivity contribution in [1.82, 2.24) is 19.7 Å². The third kappa shape index (κ3) is 2.03. The molecule has 0 aromatic carbocycles. The first kappa shape index (κ1) is 10.0. The van der Waals surface area contributed by atoms with Gasteiger partial charge in [-0.15, -0.1) is 0 Å². The van der Waals surface area contributed by atoms with E-state index < -0.39 is 0 Å². The zero-order chi connectivity index (χ0) is 11.7. The Labute approximate surface area is 96.5 Å². The van der Waals surface area contributed by atoms with Gasteiger partial charge in [0.1, 0.15) is 0 Å². The maximum atomic E-state index is 12.0. The topological polar surface area (TPSA) is 85.8 Å². The van der Waals surface area contributed by atoms with E-state index in [1.54, 1.807) is 17.0 Å². The van der Waals surface area contributed by atoms with Gasteiger partial charge in [-0.2, -0.15) is 4.98 Å². The summed E-state index contributed by atoms with van der Waals surface area (Å²) in [5, 5.41) is 6.55. The first-order chi connectivity index (χ1) is 8.34. The van der Waals surface area contributed by atoms with Gasteiger partial charge in [-0.25, -0.2) is 4.98 Å².